The van der Waals surface area contributed by atoms with Gasteiger partial charge in [-0.05, 0) is 24.3 Å². The van der Waals surface area contributed by atoms with Gasteiger partial charge in [0.05, 0.1) is 13.1 Å². The van der Waals surface area contributed by atoms with Gasteiger partial charge in [-0.15, -0.1) is 0 Å². The summed E-state index contributed by atoms with van der Waals surface area (Å²) in [4.78, 5) is 12.1. The second-order valence-electron chi connectivity index (χ2n) is 4.24. The van der Waals surface area contributed by atoms with Crippen LogP contribution in [0.1, 0.15) is 23.2 Å². The summed E-state index contributed by atoms with van der Waals surface area (Å²) in [6, 6.07) is 7.27. The van der Waals surface area contributed by atoms with E-state index >= 15 is 0 Å². The fourth-order valence-electron chi connectivity index (χ4n) is 2.08. The van der Waals surface area contributed by atoms with Crippen molar-refractivity contribution >= 4 is 6.29 Å². The van der Waals surface area contributed by atoms with Crippen LogP contribution >= 0.6 is 0 Å². The Morgan fingerprint density at radius 1 is 1.19 bits per heavy atom. The van der Waals surface area contributed by atoms with Gasteiger partial charge in [0.1, 0.15) is 25.2 Å². The Bertz CT molecular complexity index is 328. The Morgan fingerprint density at radius 3 is 2.50 bits per heavy atom. The second kappa shape index (κ2) is 5.66. The third-order valence-corrected chi connectivity index (χ3v) is 3.05. The first-order chi connectivity index (χ1) is 7.88. The van der Waals surface area contributed by atoms with Crippen molar-refractivity contribution in [3.63, 3.8) is 0 Å². The van der Waals surface area contributed by atoms with Crippen LogP contribution in [0.3, 0.4) is 0 Å². The normalized spacial score (nSPS) is 16.2. The van der Waals surface area contributed by atoms with Crippen molar-refractivity contribution in [3.05, 3.63) is 29.8 Å². The molecular formula is C13H18NO2+. The van der Waals surface area contributed by atoms with Crippen LogP contribution in [0, 0.1) is 0 Å². The number of likely N-dealkylation sites (tertiary alicyclic amines) is 1. The third kappa shape index (κ3) is 3.07. The summed E-state index contributed by atoms with van der Waals surface area (Å²) < 4.78 is 5.63. The van der Waals surface area contributed by atoms with Crippen molar-refractivity contribution in [3.8, 4) is 5.75 Å². The summed E-state index contributed by atoms with van der Waals surface area (Å²) >= 11 is 0. The van der Waals surface area contributed by atoms with E-state index in [0.29, 0.717) is 5.56 Å². The van der Waals surface area contributed by atoms with E-state index in [0.717, 1.165) is 25.2 Å². The summed E-state index contributed by atoms with van der Waals surface area (Å²) in [7, 11) is 0. The van der Waals surface area contributed by atoms with Gasteiger partial charge in [-0.25, -0.2) is 0 Å². The predicted octanol–water partition coefficient (Wildman–Crippen LogP) is 0.557. The molecule has 1 fully saturated rings. The van der Waals surface area contributed by atoms with Crippen LogP contribution in [0.5, 0.6) is 5.75 Å². The molecule has 0 amide bonds. The van der Waals surface area contributed by atoms with E-state index in [1.807, 2.05) is 12.1 Å². The molecule has 0 radical (unpaired) electrons. The molecule has 0 bridgehead atoms. The van der Waals surface area contributed by atoms with E-state index < -0.39 is 0 Å². The topological polar surface area (TPSA) is 30.7 Å². The van der Waals surface area contributed by atoms with Crippen LogP contribution < -0.4 is 9.64 Å². The average molecular weight is 220 g/mol. The lowest BCUT2D eigenvalue weighted by Crippen LogP contribution is -3.10. The highest BCUT2D eigenvalue weighted by atomic mass is 16.5. The van der Waals surface area contributed by atoms with Crippen molar-refractivity contribution in [1.82, 2.24) is 0 Å². The van der Waals surface area contributed by atoms with Gasteiger partial charge < -0.3 is 9.64 Å². The van der Waals surface area contributed by atoms with Gasteiger partial charge in [-0.2, -0.15) is 0 Å². The molecule has 1 aromatic carbocycles. The molecule has 1 saturated heterocycles. The molecule has 0 aliphatic carbocycles. The summed E-state index contributed by atoms with van der Waals surface area (Å²) in [6.07, 6.45) is 3.55. The molecule has 0 unspecified atom stereocenters. The lowest BCUT2D eigenvalue weighted by Gasteiger charge is -2.12. The minimum Gasteiger partial charge on any atom is -0.488 e. The first-order valence-electron chi connectivity index (χ1n) is 5.90. The van der Waals surface area contributed by atoms with E-state index in [2.05, 4.69) is 0 Å². The van der Waals surface area contributed by atoms with Gasteiger partial charge in [0.2, 0.25) is 0 Å². The van der Waals surface area contributed by atoms with Crippen LogP contribution in [-0.2, 0) is 0 Å². The minimum atomic E-state index is 0.692. The van der Waals surface area contributed by atoms with Gasteiger partial charge in [0.25, 0.3) is 0 Å². The minimum absolute atomic E-state index is 0.692. The van der Waals surface area contributed by atoms with Crippen LogP contribution in [0.4, 0.5) is 0 Å². The Labute approximate surface area is 96.0 Å². The average Bonchev–Trinajstić information content (AvgIpc) is 2.83. The highest BCUT2D eigenvalue weighted by molar-refractivity contribution is 5.74. The molecule has 1 aliphatic rings. The zero-order valence-corrected chi connectivity index (χ0v) is 9.45. The Hall–Kier alpha value is -1.35. The number of hydrogen-bond donors (Lipinski definition) is 1. The fraction of sp³-hybridized carbons (Fsp3) is 0.462. The molecule has 86 valence electrons. The molecule has 3 nitrogen and oxygen atoms in total. The molecular weight excluding hydrogens is 202 g/mol. The molecule has 1 aromatic rings. The van der Waals surface area contributed by atoms with E-state index in [1.165, 1.54) is 25.9 Å². The predicted molar refractivity (Wildman–Crippen MR) is 62.1 cm³/mol. The molecule has 0 saturated carbocycles. The molecule has 1 heterocycles. The molecule has 0 aromatic heterocycles. The van der Waals surface area contributed by atoms with Gasteiger partial charge in [0, 0.05) is 18.4 Å². The molecule has 0 spiro atoms. The highest BCUT2D eigenvalue weighted by Gasteiger charge is 2.14. The largest absolute Gasteiger partial charge is 0.488 e. The second-order valence-corrected chi connectivity index (χ2v) is 4.24. The maximum Gasteiger partial charge on any atom is 0.150 e. The first kappa shape index (κ1) is 11.1. The zero-order chi connectivity index (χ0) is 11.2. The van der Waals surface area contributed by atoms with Crippen molar-refractivity contribution in [2.24, 2.45) is 0 Å². The summed E-state index contributed by atoms with van der Waals surface area (Å²) in [6.45, 7) is 4.41. The molecule has 1 aliphatic heterocycles. The number of nitrogens with one attached hydrogen (secondary N) is 1. The van der Waals surface area contributed by atoms with E-state index in [9.17, 15) is 4.79 Å². The fourth-order valence-corrected chi connectivity index (χ4v) is 2.08. The Balaban J connectivity index is 1.73. The summed E-state index contributed by atoms with van der Waals surface area (Å²) in [5.74, 6) is 0.851. The molecule has 3 heteroatoms. The molecule has 16 heavy (non-hydrogen) atoms. The summed E-state index contributed by atoms with van der Waals surface area (Å²) in [5.41, 5.74) is 0.692. The van der Waals surface area contributed by atoms with Crippen LogP contribution in [-0.4, -0.2) is 32.5 Å². The van der Waals surface area contributed by atoms with E-state index in [1.54, 1.807) is 17.0 Å². The van der Waals surface area contributed by atoms with Crippen molar-refractivity contribution in [1.29, 1.82) is 0 Å². The number of carbonyl (C=O) groups excluding carboxylic acids is 1. The van der Waals surface area contributed by atoms with Crippen molar-refractivity contribution < 1.29 is 14.4 Å². The Kier molecular flexibility index (Phi) is 3.94. The van der Waals surface area contributed by atoms with Gasteiger partial charge in [0.15, 0.2) is 0 Å². The van der Waals surface area contributed by atoms with Gasteiger partial charge >= 0.3 is 0 Å². The maximum absolute atomic E-state index is 10.5. The van der Waals surface area contributed by atoms with Crippen LogP contribution in [0.2, 0.25) is 0 Å². The Morgan fingerprint density at radius 2 is 1.88 bits per heavy atom. The van der Waals surface area contributed by atoms with Crippen molar-refractivity contribution in [2.45, 2.75) is 12.8 Å². The maximum atomic E-state index is 10.5. The van der Waals surface area contributed by atoms with Gasteiger partial charge in [-0.1, -0.05) is 0 Å². The lowest BCUT2D eigenvalue weighted by molar-refractivity contribution is -0.887. The molecule has 0 atom stereocenters. The zero-order valence-electron chi connectivity index (χ0n) is 9.45. The third-order valence-electron chi connectivity index (χ3n) is 3.05. The van der Waals surface area contributed by atoms with Crippen LogP contribution in [0.25, 0.3) is 0 Å². The molecule has 2 rings (SSSR count). The quantitative estimate of drug-likeness (QED) is 0.735. The number of hydrogen-bond acceptors (Lipinski definition) is 2. The number of carbonyl (C=O) groups is 1. The smallest absolute Gasteiger partial charge is 0.150 e. The lowest BCUT2D eigenvalue weighted by atomic mass is 10.2. The number of rotatable bonds is 5. The monoisotopic (exact) mass is 220 g/mol. The first-order valence-corrected chi connectivity index (χ1v) is 5.90. The number of aldehydes is 1. The van der Waals surface area contributed by atoms with E-state index in [-0.39, 0.29) is 0 Å². The SMILES string of the molecule is O=Cc1ccc(OCC[NH+]2CCCC2)cc1. The van der Waals surface area contributed by atoms with Gasteiger partial charge in [-0.3, -0.25) is 4.79 Å². The highest BCUT2D eigenvalue weighted by Crippen LogP contribution is 2.10. The molecule has 1 N–H and O–H groups in total. The summed E-state index contributed by atoms with van der Waals surface area (Å²) in [5, 5.41) is 0. The standard InChI is InChI=1S/C13H17NO2/c15-11-12-3-5-13(6-4-12)16-10-9-14-7-1-2-8-14/h3-6,11H,1-2,7-10H2/p+1. The van der Waals surface area contributed by atoms with Crippen LogP contribution in [0.15, 0.2) is 24.3 Å². The number of benzene rings is 1. The number of quaternary nitrogens is 1. The number of ether oxygens (including phenoxy) is 1. The van der Waals surface area contributed by atoms with Crippen molar-refractivity contribution in [2.75, 3.05) is 26.2 Å². The van der Waals surface area contributed by atoms with E-state index in [4.69, 9.17) is 4.74 Å².